The van der Waals surface area contributed by atoms with Gasteiger partial charge in [-0.25, -0.2) is 8.42 Å². The topological polar surface area (TPSA) is 61.4 Å². The van der Waals surface area contributed by atoms with E-state index in [4.69, 9.17) is 0 Å². The van der Waals surface area contributed by atoms with Crippen molar-refractivity contribution in [2.75, 3.05) is 30.8 Å². The van der Waals surface area contributed by atoms with E-state index in [0.29, 0.717) is 16.4 Å². The van der Waals surface area contributed by atoms with E-state index in [1.54, 1.807) is 18.2 Å². The van der Waals surface area contributed by atoms with Crippen molar-refractivity contribution in [3.8, 4) is 0 Å². The van der Waals surface area contributed by atoms with Gasteiger partial charge in [0, 0.05) is 36.9 Å². The fraction of sp³-hybridized carbons (Fsp3) is 0.286. The average molecular weight is 325 g/mol. The van der Waals surface area contributed by atoms with E-state index in [9.17, 15) is 8.42 Å². The predicted octanol–water partition coefficient (Wildman–Crippen LogP) is 2.33. The molecule has 21 heavy (non-hydrogen) atoms. The van der Waals surface area contributed by atoms with Gasteiger partial charge in [-0.3, -0.25) is 4.72 Å². The molecule has 0 saturated carbocycles. The van der Waals surface area contributed by atoms with Gasteiger partial charge in [-0.2, -0.15) is 0 Å². The van der Waals surface area contributed by atoms with Gasteiger partial charge < -0.3 is 10.2 Å². The van der Waals surface area contributed by atoms with Gasteiger partial charge in [0.15, 0.2) is 0 Å². The largest absolute Gasteiger partial charge is 0.378 e. The molecule has 0 aliphatic rings. The van der Waals surface area contributed by atoms with Crippen molar-refractivity contribution in [3.05, 3.63) is 41.3 Å². The molecule has 2 aromatic rings. The molecule has 2 rings (SSSR count). The Morgan fingerprint density at radius 1 is 1.10 bits per heavy atom. The van der Waals surface area contributed by atoms with Gasteiger partial charge in [-0.05, 0) is 43.4 Å². The fourth-order valence-corrected chi connectivity index (χ4v) is 4.23. The lowest BCUT2D eigenvalue weighted by atomic mass is 10.3. The number of nitrogens with one attached hydrogen (secondary N) is 2. The van der Waals surface area contributed by atoms with Crippen LogP contribution in [-0.4, -0.2) is 29.6 Å². The zero-order chi connectivity index (χ0) is 15.5. The minimum Gasteiger partial charge on any atom is -0.378 e. The van der Waals surface area contributed by atoms with Gasteiger partial charge in [0.2, 0.25) is 0 Å². The molecule has 0 amide bonds. The predicted molar refractivity (Wildman–Crippen MR) is 88.7 cm³/mol. The summed E-state index contributed by atoms with van der Waals surface area (Å²) in [5.74, 6) is 0. The summed E-state index contributed by atoms with van der Waals surface area (Å²) in [6.07, 6.45) is 0. The molecule has 1 aromatic carbocycles. The molecule has 0 aliphatic heterocycles. The maximum atomic E-state index is 12.3. The number of rotatable bonds is 6. The third kappa shape index (κ3) is 3.96. The molecule has 7 heteroatoms. The third-order valence-corrected chi connectivity index (χ3v) is 5.85. The Bertz CT molecular complexity index is 691. The lowest BCUT2D eigenvalue weighted by molar-refractivity contribution is 0.603. The van der Waals surface area contributed by atoms with Crippen molar-refractivity contribution in [2.45, 2.75) is 10.8 Å². The molecular weight excluding hydrogens is 306 g/mol. The second kappa shape index (κ2) is 6.46. The third-order valence-electron chi connectivity index (χ3n) is 2.89. The first-order valence-corrected chi connectivity index (χ1v) is 8.76. The molecule has 0 fully saturated rings. The molecule has 0 unspecified atom stereocenters. The van der Waals surface area contributed by atoms with E-state index < -0.39 is 10.0 Å². The number of nitrogens with zero attached hydrogens (tertiary/aromatic N) is 1. The smallest absolute Gasteiger partial charge is 0.271 e. The van der Waals surface area contributed by atoms with E-state index in [-0.39, 0.29) is 0 Å². The molecule has 0 bridgehead atoms. The molecule has 5 nitrogen and oxygen atoms in total. The Kier molecular flexibility index (Phi) is 4.87. The van der Waals surface area contributed by atoms with Gasteiger partial charge in [-0.15, -0.1) is 11.3 Å². The van der Waals surface area contributed by atoms with Crippen molar-refractivity contribution in [1.82, 2.24) is 5.32 Å². The number of anilines is 2. The molecule has 0 aliphatic carbocycles. The molecule has 114 valence electrons. The van der Waals surface area contributed by atoms with Crippen LogP contribution < -0.4 is 14.9 Å². The van der Waals surface area contributed by atoms with Crippen LogP contribution in [0.4, 0.5) is 11.4 Å². The lowest BCUT2D eigenvalue weighted by Crippen LogP contribution is -2.12. The van der Waals surface area contributed by atoms with Crippen molar-refractivity contribution >= 4 is 32.7 Å². The highest BCUT2D eigenvalue weighted by Crippen LogP contribution is 2.24. The number of hydrogen-bond acceptors (Lipinski definition) is 5. The average Bonchev–Trinajstić information content (AvgIpc) is 2.89. The van der Waals surface area contributed by atoms with Crippen LogP contribution in [0.25, 0.3) is 0 Å². The Labute approximate surface area is 129 Å². The van der Waals surface area contributed by atoms with Gasteiger partial charge >= 0.3 is 0 Å². The fourth-order valence-electron chi connectivity index (χ4n) is 1.80. The highest BCUT2D eigenvalue weighted by molar-refractivity contribution is 7.94. The number of thiophene rings is 1. The molecule has 0 saturated heterocycles. The van der Waals surface area contributed by atoms with Gasteiger partial charge in [0.1, 0.15) is 4.21 Å². The van der Waals surface area contributed by atoms with Gasteiger partial charge in [0.05, 0.1) is 0 Å². The summed E-state index contributed by atoms with van der Waals surface area (Å²) in [6, 6.07) is 10.7. The molecule has 0 radical (unpaired) electrons. The molecule has 0 atom stereocenters. The highest BCUT2D eigenvalue weighted by Gasteiger charge is 2.16. The van der Waals surface area contributed by atoms with Crippen molar-refractivity contribution < 1.29 is 8.42 Å². The van der Waals surface area contributed by atoms with Crippen LogP contribution in [0.3, 0.4) is 0 Å². The molecule has 0 spiro atoms. The minimum atomic E-state index is -3.52. The monoisotopic (exact) mass is 325 g/mol. The Morgan fingerprint density at radius 2 is 1.76 bits per heavy atom. The summed E-state index contributed by atoms with van der Waals surface area (Å²) in [5, 5.41) is 3.01. The Morgan fingerprint density at radius 3 is 2.33 bits per heavy atom. The minimum absolute atomic E-state index is 0.324. The molecule has 1 heterocycles. The van der Waals surface area contributed by atoms with E-state index in [1.807, 2.05) is 44.2 Å². The van der Waals surface area contributed by atoms with E-state index in [0.717, 1.165) is 10.6 Å². The first-order valence-electron chi connectivity index (χ1n) is 6.46. The zero-order valence-corrected chi connectivity index (χ0v) is 13.9. The normalized spacial score (nSPS) is 11.4. The van der Waals surface area contributed by atoms with E-state index in [1.165, 1.54) is 11.3 Å². The lowest BCUT2D eigenvalue weighted by Gasteiger charge is -2.13. The number of sulfonamides is 1. The van der Waals surface area contributed by atoms with Crippen LogP contribution in [0.2, 0.25) is 0 Å². The Hall–Kier alpha value is -1.57. The zero-order valence-electron chi connectivity index (χ0n) is 12.3. The first kappa shape index (κ1) is 15.8. The maximum Gasteiger partial charge on any atom is 0.271 e. The summed E-state index contributed by atoms with van der Waals surface area (Å²) in [6.45, 7) is 0.664. The maximum absolute atomic E-state index is 12.3. The SMILES string of the molecule is CNCc1ccc(S(=O)(=O)Nc2ccc(N(C)C)cc2)s1. The van der Waals surface area contributed by atoms with Crippen molar-refractivity contribution in [1.29, 1.82) is 0 Å². The van der Waals surface area contributed by atoms with Crippen LogP contribution in [0.15, 0.2) is 40.6 Å². The number of hydrogen-bond donors (Lipinski definition) is 2. The van der Waals surface area contributed by atoms with Crippen LogP contribution in [0, 0.1) is 0 Å². The van der Waals surface area contributed by atoms with Gasteiger partial charge in [-0.1, -0.05) is 0 Å². The Balaban J connectivity index is 2.16. The molecule has 1 aromatic heterocycles. The van der Waals surface area contributed by atoms with Crippen molar-refractivity contribution in [2.24, 2.45) is 0 Å². The van der Waals surface area contributed by atoms with E-state index in [2.05, 4.69) is 10.0 Å². The van der Waals surface area contributed by atoms with Gasteiger partial charge in [0.25, 0.3) is 10.0 Å². The summed E-state index contributed by atoms with van der Waals surface area (Å²) in [5.41, 5.74) is 1.58. The van der Waals surface area contributed by atoms with Crippen LogP contribution >= 0.6 is 11.3 Å². The second-order valence-corrected chi connectivity index (χ2v) is 7.88. The van der Waals surface area contributed by atoms with Crippen LogP contribution in [0.1, 0.15) is 4.88 Å². The molecule has 2 N–H and O–H groups in total. The van der Waals surface area contributed by atoms with E-state index >= 15 is 0 Å². The highest BCUT2D eigenvalue weighted by atomic mass is 32.2. The summed E-state index contributed by atoms with van der Waals surface area (Å²) in [4.78, 5) is 2.95. The summed E-state index contributed by atoms with van der Waals surface area (Å²) >= 11 is 1.27. The summed E-state index contributed by atoms with van der Waals surface area (Å²) < 4.78 is 27.5. The van der Waals surface area contributed by atoms with Crippen LogP contribution in [0.5, 0.6) is 0 Å². The van der Waals surface area contributed by atoms with Crippen LogP contribution in [-0.2, 0) is 16.6 Å². The first-order chi connectivity index (χ1) is 9.92. The number of benzene rings is 1. The quantitative estimate of drug-likeness (QED) is 0.856. The summed E-state index contributed by atoms with van der Waals surface area (Å²) in [7, 11) is 2.19. The van der Waals surface area contributed by atoms with Crippen molar-refractivity contribution in [3.63, 3.8) is 0 Å². The second-order valence-electron chi connectivity index (χ2n) is 4.80. The standard InChI is InChI=1S/C14H19N3O2S2/c1-15-10-13-8-9-14(20-13)21(18,19)16-11-4-6-12(7-5-11)17(2)3/h4-9,15-16H,10H2,1-3H3. The molecular formula is C14H19N3O2S2.